The molecule has 0 aliphatic carbocycles. The van der Waals surface area contributed by atoms with E-state index < -0.39 is 12.0 Å². The van der Waals surface area contributed by atoms with Gasteiger partial charge in [0.25, 0.3) is 0 Å². The van der Waals surface area contributed by atoms with Crippen molar-refractivity contribution in [2.45, 2.75) is 84.1 Å². The van der Waals surface area contributed by atoms with Crippen LogP contribution in [0, 0.1) is 0 Å². The molecule has 0 aliphatic heterocycles. The minimum atomic E-state index is -0.986. The number of carboxylic acids is 1. The molecule has 0 bridgehead atoms. The Hall–Kier alpha value is -0.0600. The molecule has 0 heterocycles. The van der Waals surface area contributed by atoms with Gasteiger partial charge in [0.15, 0.2) is 0 Å². The predicted molar refractivity (Wildman–Crippen MR) is 84.2 cm³/mol. The molecule has 0 saturated heterocycles. The summed E-state index contributed by atoms with van der Waals surface area (Å²) in [6, 6.07) is -0.786. The number of carboxylic acid groups (broad SMARTS) is 1. The van der Waals surface area contributed by atoms with Crippen molar-refractivity contribution in [2.75, 3.05) is 0 Å². The topological polar surface area (TPSA) is 66.4 Å². The normalized spacial score (nSPS) is 11.5. The molecule has 1 amide bonds. The molecular formula is C15H30NNaO3. The van der Waals surface area contributed by atoms with Crippen LogP contribution in [0.1, 0.15) is 78.1 Å². The van der Waals surface area contributed by atoms with Crippen molar-refractivity contribution in [3.05, 3.63) is 0 Å². The number of unbranched alkanes of at least 4 members (excludes halogenated alkanes) is 8. The molecule has 0 aromatic carbocycles. The molecule has 0 rings (SSSR count). The van der Waals surface area contributed by atoms with Crippen molar-refractivity contribution in [2.24, 2.45) is 0 Å². The first-order chi connectivity index (χ1) is 9.07. The number of aliphatic carboxylic acids is 1. The zero-order valence-corrected chi connectivity index (χ0v) is 12.4. The van der Waals surface area contributed by atoms with Crippen molar-refractivity contribution in [1.82, 2.24) is 5.32 Å². The second kappa shape index (κ2) is 15.3. The molecule has 1 atom stereocenters. The van der Waals surface area contributed by atoms with E-state index in [4.69, 9.17) is 5.11 Å². The average molecular weight is 295 g/mol. The van der Waals surface area contributed by atoms with Gasteiger partial charge in [-0.3, -0.25) is 9.59 Å². The molecule has 0 radical (unpaired) electrons. The average Bonchev–Trinajstić information content (AvgIpc) is 2.36. The first-order valence-electron chi connectivity index (χ1n) is 7.60. The fourth-order valence-corrected chi connectivity index (χ4v) is 1.97. The Balaban J connectivity index is 0. The predicted octanol–water partition coefficient (Wildman–Crippen LogP) is 2.85. The van der Waals surface area contributed by atoms with E-state index in [1.165, 1.54) is 51.9 Å². The van der Waals surface area contributed by atoms with Gasteiger partial charge in [-0.2, -0.15) is 0 Å². The van der Waals surface area contributed by atoms with Gasteiger partial charge in [0, 0.05) is 6.42 Å². The maximum atomic E-state index is 11.4. The van der Waals surface area contributed by atoms with E-state index in [9.17, 15) is 9.59 Å². The Morgan fingerprint density at radius 2 is 1.40 bits per heavy atom. The van der Waals surface area contributed by atoms with Crippen molar-refractivity contribution >= 4 is 41.4 Å². The number of nitrogens with one attached hydrogen (secondary N) is 1. The van der Waals surface area contributed by atoms with Crippen LogP contribution in [0.15, 0.2) is 0 Å². The zero-order valence-electron chi connectivity index (χ0n) is 12.4. The van der Waals surface area contributed by atoms with E-state index in [0.29, 0.717) is 6.42 Å². The van der Waals surface area contributed by atoms with Gasteiger partial charge >= 0.3 is 35.5 Å². The third-order valence-electron chi connectivity index (χ3n) is 3.26. The Bertz CT molecular complexity index is 260. The Kier molecular flexibility index (Phi) is 17.0. The number of rotatable bonds is 12. The molecule has 0 aliphatic rings. The molecule has 0 unspecified atom stereocenters. The van der Waals surface area contributed by atoms with Gasteiger partial charge in [-0.1, -0.05) is 58.3 Å². The molecule has 0 aromatic rings. The molecule has 4 nitrogen and oxygen atoms in total. The van der Waals surface area contributed by atoms with E-state index in [2.05, 4.69) is 12.2 Å². The first-order valence-corrected chi connectivity index (χ1v) is 7.60. The molecule has 0 saturated carbocycles. The summed E-state index contributed by atoms with van der Waals surface area (Å²) in [5, 5.41) is 11.1. The van der Waals surface area contributed by atoms with Crippen molar-refractivity contribution < 1.29 is 14.7 Å². The van der Waals surface area contributed by atoms with Crippen molar-refractivity contribution in [3.63, 3.8) is 0 Å². The van der Waals surface area contributed by atoms with E-state index in [1.54, 1.807) is 0 Å². The second-order valence-corrected chi connectivity index (χ2v) is 5.21. The van der Waals surface area contributed by atoms with Crippen LogP contribution >= 0.6 is 0 Å². The molecule has 20 heavy (non-hydrogen) atoms. The Morgan fingerprint density at radius 1 is 0.950 bits per heavy atom. The maximum absolute atomic E-state index is 11.4. The summed E-state index contributed by atoms with van der Waals surface area (Å²) in [6.45, 7) is 3.70. The number of amides is 1. The van der Waals surface area contributed by atoms with Crippen LogP contribution in [0.5, 0.6) is 0 Å². The van der Waals surface area contributed by atoms with Gasteiger partial charge in [-0.25, -0.2) is 0 Å². The molecule has 0 spiro atoms. The fraction of sp³-hybridized carbons (Fsp3) is 0.867. The third-order valence-corrected chi connectivity index (χ3v) is 3.26. The van der Waals surface area contributed by atoms with Crippen LogP contribution in [0.2, 0.25) is 0 Å². The van der Waals surface area contributed by atoms with Gasteiger partial charge in [0.1, 0.15) is 6.04 Å². The van der Waals surface area contributed by atoms with E-state index in [-0.39, 0.29) is 35.5 Å². The van der Waals surface area contributed by atoms with Gasteiger partial charge in [0.05, 0.1) is 0 Å². The Morgan fingerprint density at radius 3 is 1.85 bits per heavy atom. The summed E-state index contributed by atoms with van der Waals surface area (Å²) < 4.78 is 0. The monoisotopic (exact) mass is 295 g/mol. The summed E-state index contributed by atoms with van der Waals surface area (Å²) >= 11 is 0. The standard InChI is InChI=1S/C15H29NO3.Na.H/c1-3-4-5-6-7-8-9-10-11-12-14(17)16-13(2)15(18)19;;/h13H,3-12H2,1-2H3,(H,16,17)(H,18,19);;/t13-;;/m1../s1. The van der Waals surface area contributed by atoms with Gasteiger partial charge in [-0.05, 0) is 13.3 Å². The number of carbonyl (C=O) groups is 2. The summed E-state index contributed by atoms with van der Waals surface area (Å²) in [7, 11) is 0. The molecule has 2 N–H and O–H groups in total. The molecular weight excluding hydrogens is 265 g/mol. The molecule has 5 heteroatoms. The summed E-state index contributed by atoms with van der Waals surface area (Å²) in [5.74, 6) is -1.14. The summed E-state index contributed by atoms with van der Waals surface area (Å²) in [6.07, 6.45) is 11.3. The van der Waals surface area contributed by atoms with Gasteiger partial charge < -0.3 is 10.4 Å². The fourth-order valence-electron chi connectivity index (χ4n) is 1.97. The first kappa shape index (κ1) is 22.2. The van der Waals surface area contributed by atoms with Crippen LogP contribution in [-0.4, -0.2) is 52.6 Å². The Labute approximate surface area is 145 Å². The van der Waals surface area contributed by atoms with Crippen molar-refractivity contribution in [3.8, 4) is 0 Å². The second-order valence-electron chi connectivity index (χ2n) is 5.21. The summed E-state index contributed by atoms with van der Waals surface area (Å²) in [5.41, 5.74) is 0. The minimum absolute atomic E-state index is 0. The zero-order chi connectivity index (χ0) is 14.5. The number of carbonyl (C=O) groups excluding carboxylic acids is 1. The number of hydrogen-bond acceptors (Lipinski definition) is 2. The van der Waals surface area contributed by atoms with E-state index in [0.717, 1.165) is 12.8 Å². The van der Waals surface area contributed by atoms with Gasteiger partial charge in [-0.15, -0.1) is 0 Å². The van der Waals surface area contributed by atoms with Crippen molar-refractivity contribution in [1.29, 1.82) is 0 Å². The molecule has 114 valence electrons. The quantitative estimate of drug-likeness (QED) is 0.430. The molecule has 0 fully saturated rings. The summed E-state index contributed by atoms with van der Waals surface area (Å²) in [4.78, 5) is 21.9. The SMILES string of the molecule is CCCCCCCCCCCC(=O)N[C@H](C)C(=O)O.[NaH]. The number of hydrogen-bond donors (Lipinski definition) is 2. The van der Waals surface area contributed by atoms with Crippen LogP contribution in [-0.2, 0) is 9.59 Å². The van der Waals surface area contributed by atoms with E-state index >= 15 is 0 Å². The van der Waals surface area contributed by atoms with Crippen LogP contribution in [0.25, 0.3) is 0 Å². The van der Waals surface area contributed by atoms with Crippen LogP contribution < -0.4 is 5.32 Å². The van der Waals surface area contributed by atoms with Gasteiger partial charge in [0.2, 0.25) is 5.91 Å². The van der Waals surface area contributed by atoms with E-state index in [1.807, 2.05) is 0 Å². The van der Waals surface area contributed by atoms with Crippen LogP contribution in [0.4, 0.5) is 0 Å². The third kappa shape index (κ3) is 14.4. The molecule has 0 aromatic heterocycles. The van der Waals surface area contributed by atoms with Crippen LogP contribution in [0.3, 0.4) is 0 Å².